The van der Waals surface area contributed by atoms with Gasteiger partial charge in [-0.15, -0.1) is 0 Å². The Kier molecular flexibility index (Phi) is 3.88. The van der Waals surface area contributed by atoms with Crippen molar-refractivity contribution in [2.75, 3.05) is 0 Å². The summed E-state index contributed by atoms with van der Waals surface area (Å²) in [4.78, 5) is 2.58. The molecule has 1 aromatic carbocycles. The largest absolute Gasteiger partial charge is 0.435 e. The van der Waals surface area contributed by atoms with Gasteiger partial charge in [0.15, 0.2) is 0 Å². The number of hydrogen-bond donors (Lipinski definition) is 0. The van der Waals surface area contributed by atoms with Crippen LogP contribution in [0.1, 0.15) is 11.1 Å². The lowest BCUT2D eigenvalue weighted by molar-refractivity contribution is -0.0503. The van der Waals surface area contributed by atoms with Crippen LogP contribution in [0.5, 0.6) is 5.75 Å². The van der Waals surface area contributed by atoms with Gasteiger partial charge in [-0.25, -0.2) is 0 Å². The van der Waals surface area contributed by atoms with Gasteiger partial charge >= 0.3 is 6.61 Å². The van der Waals surface area contributed by atoms with E-state index in [-0.39, 0.29) is 12.3 Å². The van der Waals surface area contributed by atoms with Crippen LogP contribution in [0.25, 0.3) is 10.4 Å². The smallest absolute Gasteiger partial charge is 0.387 e. The molecule has 80 valence electrons. The van der Waals surface area contributed by atoms with Crippen LogP contribution < -0.4 is 4.74 Å². The lowest BCUT2D eigenvalue weighted by Gasteiger charge is -2.08. The molecule has 0 aliphatic carbocycles. The van der Waals surface area contributed by atoms with Crippen LogP contribution in [-0.2, 0) is 6.54 Å². The minimum atomic E-state index is -2.85. The Morgan fingerprint density at radius 2 is 2.27 bits per heavy atom. The van der Waals surface area contributed by atoms with E-state index in [1.807, 2.05) is 0 Å². The Hall–Kier alpha value is -1.81. The number of aryl methyl sites for hydroxylation is 1. The van der Waals surface area contributed by atoms with Crippen LogP contribution in [0.4, 0.5) is 8.78 Å². The van der Waals surface area contributed by atoms with Crippen LogP contribution in [0.3, 0.4) is 0 Å². The summed E-state index contributed by atoms with van der Waals surface area (Å²) in [7, 11) is 0. The first-order valence-electron chi connectivity index (χ1n) is 4.18. The monoisotopic (exact) mass is 213 g/mol. The quantitative estimate of drug-likeness (QED) is 0.429. The van der Waals surface area contributed by atoms with Crippen LogP contribution >= 0.6 is 0 Å². The van der Waals surface area contributed by atoms with Crippen molar-refractivity contribution in [3.63, 3.8) is 0 Å². The van der Waals surface area contributed by atoms with Crippen LogP contribution in [0.15, 0.2) is 23.3 Å². The molecule has 6 heteroatoms. The second kappa shape index (κ2) is 5.17. The zero-order chi connectivity index (χ0) is 11.3. The van der Waals surface area contributed by atoms with Crippen molar-refractivity contribution in [1.82, 2.24) is 0 Å². The SMILES string of the molecule is Cc1ccc(CN=[N+]=[N-])cc1OC(F)F. The molecule has 0 spiro atoms. The molecule has 0 fully saturated rings. The van der Waals surface area contributed by atoms with Crippen molar-refractivity contribution >= 4 is 0 Å². The number of alkyl halides is 2. The maximum Gasteiger partial charge on any atom is 0.387 e. The lowest BCUT2D eigenvalue weighted by Crippen LogP contribution is -2.03. The molecule has 0 atom stereocenters. The van der Waals surface area contributed by atoms with Gasteiger partial charge in [0, 0.05) is 4.91 Å². The number of hydrogen-bond acceptors (Lipinski definition) is 2. The fraction of sp³-hybridized carbons (Fsp3) is 0.333. The van der Waals surface area contributed by atoms with E-state index in [4.69, 9.17) is 5.53 Å². The molecular formula is C9H9F2N3O. The lowest BCUT2D eigenvalue weighted by atomic mass is 10.1. The molecule has 0 amide bonds. The molecule has 0 saturated heterocycles. The highest BCUT2D eigenvalue weighted by atomic mass is 19.3. The van der Waals surface area contributed by atoms with E-state index in [9.17, 15) is 8.78 Å². The molecule has 0 aromatic heterocycles. The maximum absolute atomic E-state index is 12.0. The number of ether oxygens (including phenoxy) is 1. The molecule has 0 N–H and O–H groups in total. The highest BCUT2D eigenvalue weighted by Crippen LogP contribution is 2.21. The average molecular weight is 213 g/mol. The molecule has 0 unspecified atom stereocenters. The molecule has 1 rings (SSSR count). The molecular weight excluding hydrogens is 204 g/mol. The first-order valence-corrected chi connectivity index (χ1v) is 4.18. The zero-order valence-corrected chi connectivity index (χ0v) is 8.02. The highest BCUT2D eigenvalue weighted by Gasteiger charge is 2.07. The van der Waals surface area contributed by atoms with Gasteiger partial charge in [-0.3, -0.25) is 0 Å². The third-order valence-electron chi connectivity index (χ3n) is 1.79. The summed E-state index contributed by atoms with van der Waals surface area (Å²) < 4.78 is 28.3. The highest BCUT2D eigenvalue weighted by molar-refractivity contribution is 5.36. The number of benzene rings is 1. The van der Waals surface area contributed by atoms with Gasteiger partial charge in [0.05, 0.1) is 6.54 Å². The van der Waals surface area contributed by atoms with E-state index in [0.29, 0.717) is 11.1 Å². The zero-order valence-electron chi connectivity index (χ0n) is 8.02. The van der Waals surface area contributed by atoms with E-state index in [2.05, 4.69) is 14.8 Å². The number of azide groups is 1. The van der Waals surface area contributed by atoms with Gasteiger partial charge in [0.2, 0.25) is 0 Å². The van der Waals surface area contributed by atoms with Gasteiger partial charge in [-0.2, -0.15) is 8.78 Å². The molecule has 0 bridgehead atoms. The first kappa shape index (κ1) is 11.3. The summed E-state index contributed by atoms with van der Waals surface area (Å²) in [5.74, 6) is 0.107. The summed E-state index contributed by atoms with van der Waals surface area (Å²) in [6.07, 6.45) is 0. The van der Waals surface area contributed by atoms with Crippen LogP contribution in [0.2, 0.25) is 0 Å². The van der Waals surface area contributed by atoms with Crippen LogP contribution in [0, 0.1) is 6.92 Å². The van der Waals surface area contributed by atoms with Gasteiger partial charge in [-0.1, -0.05) is 17.2 Å². The molecule has 0 aliphatic rings. The van der Waals surface area contributed by atoms with Crippen molar-refractivity contribution in [1.29, 1.82) is 0 Å². The van der Waals surface area contributed by atoms with E-state index in [0.717, 1.165) is 0 Å². The van der Waals surface area contributed by atoms with E-state index in [1.54, 1.807) is 19.1 Å². The fourth-order valence-electron chi connectivity index (χ4n) is 1.08. The second-order valence-corrected chi connectivity index (χ2v) is 2.87. The minimum Gasteiger partial charge on any atom is -0.435 e. The molecule has 4 nitrogen and oxygen atoms in total. The van der Waals surface area contributed by atoms with Crippen molar-refractivity contribution < 1.29 is 13.5 Å². The predicted molar refractivity (Wildman–Crippen MR) is 50.7 cm³/mol. The van der Waals surface area contributed by atoms with Crippen molar-refractivity contribution in [2.24, 2.45) is 5.11 Å². The van der Waals surface area contributed by atoms with Crippen molar-refractivity contribution in [2.45, 2.75) is 20.1 Å². The molecule has 1 aromatic rings. The number of rotatable bonds is 4. The van der Waals surface area contributed by atoms with Crippen LogP contribution in [-0.4, -0.2) is 6.61 Å². The van der Waals surface area contributed by atoms with E-state index < -0.39 is 6.61 Å². The van der Waals surface area contributed by atoms with Crippen molar-refractivity contribution in [3.05, 3.63) is 39.8 Å². The Morgan fingerprint density at radius 1 is 1.53 bits per heavy atom. The standard InChI is InChI=1S/C9H9F2N3O/c1-6-2-3-7(5-13-14-12)4-8(6)15-9(10)11/h2-4,9H,5H2,1H3. The predicted octanol–water partition coefficient (Wildman–Crippen LogP) is 3.41. The number of nitrogens with zero attached hydrogens (tertiary/aromatic N) is 3. The molecule has 0 aliphatic heterocycles. The van der Waals surface area contributed by atoms with E-state index >= 15 is 0 Å². The Labute approximate surface area is 85.1 Å². The summed E-state index contributed by atoms with van der Waals surface area (Å²) in [5.41, 5.74) is 9.35. The maximum atomic E-state index is 12.0. The topological polar surface area (TPSA) is 58.0 Å². The van der Waals surface area contributed by atoms with Gasteiger partial charge in [0.25, 0.3) is 0 Å². The Balaban J connectivity index is 2.89. The first-order chi connectivity index (χ1) is 7.13. The summed E-state index contributed by atoms with van der Waals surface area (Å²) in [5, 5.41) is 3.33. The summed E-state index contributed by atoms with van der Waals surface area (Å²) in [6, 6.07) is 4.78. The second-order valence-electron chi connectivity index (χ2n) is 2.87. The average Bonchev–Trinajstić information content (AvgIpc) is 2.18. The summed E-state index contributed by atoms with van der Waals surface area (Å²) in [6.45, 7) is -1.07. The molecule has 0 radical (unpaired) electrons. The molecule has 0 saturated carbocycles. The normalized spacial score (nSPS) is 9.87. The molecule has 0 heterocycles. The third-order valence-corrected chi connectivity index (χ3v) is 1.79. The Morgan fingerprint density at radius 3 is 2.87 bits per heavy atom. The fourth-order valence-corrected chi connectivity index (χ4v) is 1.08. The van der Waals surface area contributed by atoms with Crippen molar-refractivity contribution in [3.8, 4) is 5.75 Å². The minimum absolute atomic E-state index is 0.107. The van der Waals surface area contributed by atoms with Gasteiger partial charge in [0.1, 0.15) is 5.75 Å². The van der Waals surface area contributed by atoms with Gasteiger partial charge in [-0.05, 0) is 29.6 Å². The number of halogens is 2. The molecule has 15 heavy (non-hydrogen) atoms. The third kappa shape index (κ3) is 3.44. The van der Waals surface area contributed by atoms with E-state index in [1.165, 1.54) is 6.07 Å². The Bertz CT molecular complexity index is 389. The van der Waals surface area contributed by atoms with Gasteiger partial charge < -0.3 is 4.74 Å². The summed E-state index contributed by atoms with van der Waals surface area (Å²) >= 11 is 0.